The SMILES string of the molecule is CC(NC(=O)C(C#N)=Cc1ccc(-c2cc(Cl)ccc2Cl)o1)c1ccccc1. The fraction of sp³-hybridized carbons (Fsp3) is 0.0909. The van der Waals surface area contributed by atoms with Gasteiger partial charge in [-0.05, 0) is 42.8 Å². The molecule has 0 saturated carbocycles. The molecule has 0 aliphatic carbocycles. The Morgan fingerprint density at radius 3 is 2.61 bits per heavy atom. The molecule has 1 atom stereocenters. The van der Waals surface area contributed by atoms with Gasteiger partial charge in [0, 0.05) is 16.7 Å². The second-order valence-electron chi connectivity index (χ2n) is 6.10. The summed E-state index contributed by atoms with van der Waals surface area (Å²) in [6.07, 6.45) is 1.40. The Labute approximate surface area is 173 Å². The summed E-state index contributed by atoms with van der Waals surface area (Å²) in [5.74, 6) is 0.386. The van der Waals surface area contributed by atoms with Crippen molar-refractivity contribution in [3.63, 3.8) is 0 Å². The van der Waals surface area contributed by atoms with Gasteiger partial charge in [0.2, 0.25) is 0 Å². The zero-order valence-corrected chi connectivity index (χ0v) is 16.5. The number of hydrogen-bond acceptors (Lipinski definition) is 3. The number of hydrogen-bond donors (Lipinski definition) is 1. The molecule has 0 spiro atoms. The first-order valence-corrected chi connectivity index (χ1v) is 9.26. The number of nitrogens with zero attached hydrogens (tertiary/aromatic N) is 1. The quantitative estimate of drug-likeness (QED) is 0.411. The maximum atomic E-state index is 12.5. The lowest BCUT2D eigenvalue weighted by Gasteiger charge is -2.13. The van der Waals surface area contributed by atoms with Crippen molar-refractivity contribution in [2.24, 2.45) is 0 Å². The summed E-state index contributed by atoms with van der Waals surface area (Å²) in [6, 6.07) is 19.6. The lowest BCUT2D eigenvalue weighted by Crippen LogP contribution is -2.27. The van der Waals surface area contributed by atoms with Crippen molar-refractivity contribution in [3.8, 4) is 17.4 Å². The summed E-state index contributed by atoms with van der Waals surface area (Å²) in [4.78, 5) is 12.5. The summed E-state index contributed by atoms with van der Waals surface area (Å²) in [7, 11) is 0. The molecule has 1 unspecified atom stereocenters. The zero-order valence-electron chi connectivity index (χ0n) is 14.9. The van der Waals surface area contributed by atoms with E-state index in [9.17, 15) is 10.1 Å². The van der Waals surface area contributed by atoms with Gasteiger partial charge in [-0.2, -0.15) is 5.26 Å². The number of carbonyl (C=O) groups is 1. The van der Waals surface area contributed by atoms with Crippen LogP contribution < -0.4 is 5.32 Å². The summed E-state index contributed by atoms with van der Waals surface area (Å²) < 4.78 is 5.73. The van der Waals surface area contributed by atoms with Crippen molar-refractivity contribution in [1.29, 1.82) is 5.26 Å². The second kappa shape index (κ2) is 8.79. The first-order valence-electron chi connectivity index (χ1n) is 8.51. The van der Waals surface area contributed by atoms with Crippen LogP contribution >= 0.6 is 23.2 Å². The van der Waals surface area contributed by atoms with E-state index in [1.54, 1.807) is 30.3 Å². The molecule has 4 nitrogen and oxygen atoms in total. The van der Waals surface area contributed by atoms with Crippen LogP contribution in [-0.4, -0.2) is 5.91 Å². The normalized spacial score (nSPS) is 12.3. The van der Waals surface area contributed by atoms with Crippen LogP contribution in [0.2, 0.25) is 10.0 Å². The van der Waals surface area contributed by atoms with E-state index < -0.39 is 5.91 Å². The highest BCUT2D eigenvalue weighted by Gasteiger charge is 2.15. The summed E-state index contributed by atoms with van der Waals surface area (Å²) in [5, 5.41) is 13.2. The highest BCUT2D eigenvalue weighted by molar-refractivity contribution is 6.35. The van der Waals surface area contributed by atoms with Gasteiger partial charge in [-0.3, -0.25) is 4.79 Å². The molecule has 1 aromatic heterocycles. The van der Waals surface area contributed by atoms with Crippen molar-refractivity contribution in [1.82, 2.24) is 5.32 Å². The molecule has 1 heterocycles. The van der Waals surface area contributed by atoms with Crippen molar-refractivity contribution >= 4 is 35.2 Å². The molecule has 6 heteroatoms. The van der Waals surface area contributed by atoms with Gasteiger partial charge in [0.25, 0.3) is 5.91 Å². The van der Waals surface area contributed by atoms with Crippen molar-refractivity contribution in [2.75, 3.05) is 0 Å². The summed E-state index contributed by atoms with van der Waals surface area (Å²) in [6.45, 7) is 1.86. The maximum absolute atomic E-state index is 12.5. The van der Waals surface area contributed by atoms with Crippen LogP contribution in [0.25, 0.3) is 17.4 Å². The summed E-state index contributed by atoms with van der Waals surface area (Å²) in [5.41, 5.74) is 1.53. The number of carbonyl (C=O) groups excluding carboxylic acids is 1. The fourth-order valence-corrected chi connectivity index (χ4v) is 3.03. The van der Waals surface area contributed by atoms with Gasteiger partial charge in [-0.15, -0.1) is 0 Å². The van der Waals surface area contributed by atoms with E-state index in [0.29, 0.717) is 27.1 Å². The minimum Gasteiger partial charge on any atom is -0.457 e. The minimum absolute atomic E-state index is 0.0547. The first-order chi connectivity index (χ1) is 13.5. The molecule has 3 aromatic rings. The van der Waals surface area contributed by atoms with E-state index in [4.69, 9.17) is 27.6 Å². The molecule has 0 aliphatic rings. The van der Waals surface area contributed by atoms with E-state index in [0.717, 1.165) is 5.56 Å². The number of nitrogens with one attached hydrogen (secondary N) is 1. The van der Waals surface area contributed by atoms with Gasteiger partial charge < -0.3 is 9.73 Å². The molecular weight excluding hydrogens is 395 g/mol. The van der Waals surface area contributed by atoms with Crippen LogP contribution in [0, 0.1) is 11.3 Å². The zero-order chi connectivity index (χ0) is 20.1. The van der Waals surface area contributed by atoms with Crippen LogP contribution in [0.15, 0.2) is 70.7 Å². The Bertz CT molecular complexity index is 1070. The molecule has 0 saturated heterocycles. The molecule has 28 heavy (non-hydrogen) atoms. The Kier molecular flexibility index (Phi) is 6.20. The number of nitriles is 1. The molecule has 140 valence electrons. The van der Waals surface area contributed by atoms with Crippen LogP contribution in [0.4, 0.5) is 0 Å². The molecule has 0 aliphatic heterocycles. The lowest BCUT2D eigenvalue weighted by molar-refractivity contribution is -0.117. The summed E-state index contributed by atoms with van der Waals surface area (Å²) >= 11 is 12.2. The standard InChI is InChI=1S/C22H16Cl2N2O2/c1-14(15-5-3-2-4-6-15)26-22(27)16(13-25)11-18-8-10-21(28-18)19-12-17(23)7-9-20(19)24/h2-12,14H,1H3,(H,26,27). The molecule has 0 bridgehead atoms. The number of amides is 1. The van der Waals surface area contributed by atoms with Gasteiger partial charge in [-0.25, -0.2) is 0 Å². The minimum atomic E-state index is -0.474. The van der Waals surface area contributed by atoms with Gasteiger partial charge in [0.1, 0.15) is 23.2 Å². The first kappa shape index (κ1) is 19.8. The Morgan fingerprint density at radius 2 is 1.89 bits per heavy atom. The third kappa shape index (κ3) is 4.64. The average Bonchev–Trinajstić information content (AvgIpc) is 3.17. The van der Waals surface area contributed by atoms with Crippen molar-refractivity contribution in [2.45, 2.75) is 13.0 Å². The Morgan fingerprint density at radius 1 is 1.14 bits per heavy atom. The highest BCUT2D eigenvalue weighted by Crippen LogP contribution is 2.32. The maximum Gasteiger partial charge on any atom is 0.262 e. The largest absolute Gasteiger partial charge is 0.457 e. The second-order valence-corrected chi connectivity index (χ2v) is 6.95. The van der Waals surface area contributed by atoms with E-state index >= 15 is 0 Å². The van der Waals surface area contributed by atoms with Crippen LogP contribution in [-0.2, 0) is 4.79 Å². The van der Waals surface area contributed by atoms with Crippen LogP contribution in [0.1, 0.15) is 24.3 Å². The predicted octanol–water partition coefficient (Wildman–Crippen LogP) is 6.04. The number of furan rings is 1. The van der Waals surface area contributed by atoms with Gasteiger partial charge in [-0.1, -0.05) is 53.5 Å². The highest BCUT2D eigenvalue weighted by atomic mass is 35.5. The van der Waals surface area contributed by atoms with Crippen molar-refractivity contribution in [3.05, 3.63) is 87.6 Å². The Balaban J connectivity index is 1.79. The van der Waals surface area contributed by atoms with E-state index in [-0.39, 0.29) is 11.6 Å². The smallest absolute Gasteiger partial charge is 0.262 e. The van der Waals surface area contributed by atoms with E-state index in [1.807, 2.05) is 43.3 Å². The average molecular weight is 411 g/mol. The number of rotatable bonds is 5. The Hall–Kier alpha value is -3.00. The van der Waals surface area contributed by atoms with Crippen LogP contribution in [0.3, 0.4) is 0 Å². The monoisotopic (exact) mass is 410 g/mol. The molecule has 1 amide bonds. The topological polar surface area (TPSA) is 66.0 Å². The molecule has 3 rings (SSSR count). The number of halogens is 2. The number of benzene rings is 2. The van der Waals surface area contributed by atoms with Crippen molar-refractivity contribution < 1.29 is 9.21 Å². The predicted molar refractivity (Wildman–Crippen MR) is 111 cm³/mol. The molecule has 0 fully saturated rings. The lowest BCUT2D eigenvalue weighted by atomic mass is 10.1. The fourth-order valence-electron chi connectivity index (χ4n) is 2.65. The van der Waals surface area contributed by atoms with Crippen LogP contribution in [0.5, 0.6) is 0 Å². The van der Waals surface area contributed by atoms with E-state index in [2.05, 4.69) is 5.32 Å². The third-order valence-corrected chi connectivity index (χ3v) is 4.68. The molecular formula is C22H16Cl2N2O2. The third-order valence-electron chi connectivity index (χ3n) is 4.12. The molecule has 0 radical (unpaired) electrons. The van der Waals surface area contributed by atoms with Gasteiger partial charge in [0.05, 0.1) is 11.1 Å². The molecule has 2 aromatic carbocycles. The van der Waals surface area contributed by atoms with Gasteiger partial charge in [0.15, 0.2) is 0 Å². The van der Waals surface area contributed by atoms with E-state index in [1.165, 1.54) is 6.08 Å². The molecule has 1 N–H and O–H groups in total. The van der Waals surface area contributed by atoms with Gasteiger partial charge >= 0.3 is 0 Å².